The number of aromatic nitrogens is 2. The summed E-state index contributed by atoms with van der Waals surface area (Å²) in [5, 5.41) is 18.6. The Bertz CT molecular complexity index is 462. The highest BCUT2D eigenvalue weighted by Crippen LogP contribution is 2.40. The quantitative estimate of drug-likeness (QED) is 0.713. The standard InChI is InChI=1S/C10H13FN2O4/c1-10(11)7(15)6(5-14)17-8(10)13-4-2-3-12-9(13)16/h2-4,6-8,14-15H,5H2,1H3/t6-,7-,8-,10+/m1/s1. The number of aliphatic hydroxyl groups is 2. The van der Waals surface area contributed by atoms with Crippen LogP contribution < -0.4 is 5.69 Å². The van der Waals surface area contributed by atoms with E-state index >= 15 is 0 Å². The zero-order valence-corrected chi connectivity index (χ0v) is 9.15. The van der Waals surface area contributed by atoms with Crippen molar-refractivity contribution in [2.24, 2.45) is 0 Å². The topological polar surface area (TPSA) is 84.6 Å². The largest absolute Gasteiger partial charge is 0.394 e. The Morgan fingerprint density at radius 1 is 1.71 bits per heavy atom. The molecule has 17 heavy (non-hydrogen) atoms. The van der Waals surface area contributed by atoms with Gasteiger partial charge in [0.2, 0.25) is 0 Å². The highest BCUT2D eigenvalue weighted by Gasteiger charge is 2.54. The average Bonchev–Trinajstić information content (AvgIpc) is 2.52. The highest BCUT2D eigenvalue weighted by molar-refractivity contribution is 5.00. The third-order valence-corrected chi connectivity index (χ3v) is 2.89. The summed E-state index contributed by atoms with van der Waals surface area (Å²) in [6, 6.07) is 1.46. The fourth-order valence-corrected chi connectivity index (χ4v) is 1.91. The summed E-state index contributed by atoms with van der Waals surface area (Å²) < 4.78 is 20.4. The van der Waals surface area contributed by atoms with E-state index in [2.05, 4.69) is 4.98 Å². The Kier molecular flexibility index (Phi) is 2.98. The molecule has 1 aliphatic rings. The SMILES string of the molecule is C[C@]1(F)[C@H](O)[C@@H](CO)O[C@H]1n1cccnc1=O. The van der Waals surface area contributed by atoms with Gasteiger partial charge in [-0.15, -0.1) is 0 Å². The van der Waals surface area contributed by atoms with Crippen molar-refractivity contribution in [2.45, 2.75) is 31.0 Å². The molecule has 0 spiro atoms. The maximum atomic E-state index is 14.3. The normalized spacial score (nSPS) is 37.3. The van der Waals surface area contributed by atoms with Crippen LogP contribution in [0.3, 0.4) is 0 Å². The van der Waals surface area contributed by atoms with Crippen LogP contribution in [0.1, 0.15) is 13.2 Å². The molecule has 0 unspecified atom stereocenters. The van der Waals surface area contributed by atoms with Crippen molar-refractivity contribution in [2.75, 3.05) is 6.61 Å². The molecule has 0 saturated carbocycles. The molecule has 6 nitrogen and oxygen atoms in total. The van der Waals surface area contributed by atoms with Gasteiger partial charge in [-0.2, -0.15) is 0 Å². The second-order valence-electron chi connectivity index (χ2n) is 4.12. The van der Waals surface area contributed by atoms with E-state index in [1.807, 2.05) is 0 Å². The Hall–Kier alpha value is -1.31. The van der Waals surface area contributed by atoms with Gasteiger partial charge in [0.05, 0.1) is 6.61 Å². The molecule has 94 valence electrons. The molecule has 2 heterocycles. The van der Waals surface area contributed by atoms with Crippen LogP contribution in [0.5, 0.6) is 0 Å². The van der Waals surface area contributed by atoms with Crippen molar-refractivity contribution >= 4 is 0 Å². The average molecular weight is 244 g/mol. The molecule has 1 saturated heterocycles. The van der Waals surface area contributed by atoms with Crippen molar-refractivity contribution in [3.63, 3.8) is 0 Å². The number of halogens is 1. The molecule has 1 aliphatic heterocycles. The number of hydrogen-bond acceptors (Lipinski definition) is 5. The first-order valence-electron chi connectivity index (χ1n) is 5.15. The minimum Gasteiger partial charge on any atom is -0.394 e. The van der Waals surface area contributed by atoms with Crippen molar-refractivity contribution in [1.29, 1.82) is 0 Å². The van der Waals surface area contributed by atoms with Gasteiger partial charge < -0.3 is 14.9 Å². The van der Waals surface area contributed by atoms with E-state index in [1.165, 1.54) is 18.5 Å². The van der Waals surface area contributed by atoms with Crippen molar-refractivity contribution in [3.05, 3.63) is 28.9 Å². The molecule has 2 rings (SSSR count). The maximum absolute atomic E-state index is 14.3. The van der Waals surface area contributed by atoms with Crippen molar-refractivity contribution in [1.82, 2.24) is 9.55 Å². The summed E-state index contributed by atoms with van der Waals surface area (Å²) in [7, 11) is 0. The molecule has 0 bridgehead atoms. The fraction of sp³-hybridized carbons (Fsp3) is 0.600. The molecule has 1 fully saturated rings. The van der Waals surface area contributed by atoms with Gasteiger partial charge in [0.1, 0.15) is 12.2 Å². The zero-order chi connectivity index (χ0) is 12.6. The van der Waals surface area contributed by atoms with Crippen LogP contribution >= 0.6 is 0 Å². The van der Waals surface area contributed by atoms with Gasteiger partial charge in [-0.05, 0) is 13.0 Å². The number of rotatable bonds is 2. The zero-order valence-electron chi connectivity index (χ0n) is 9.15. The van der Waals surface area contributed by atoms with E-state index in [0.29, 0.717) is 0 Å². The lowest BCUT2D eigenvalue weighted by Crippen LogP contribution is -2.42. The van der Waals surface area contributed by atoms with Crippen LogP contribution in [0, 0.1) is 0 Å². The van der Waals surface area contributed by atoms with Crippen molar-refractivity contribution < 1.29 is 19.3 Å². The van der Waals surface area contributed by atoms with E-state index in [0.717, 1.165) is 11.5 Å². The molecular formula is C10H13FN2O4. The van der Waals surface area contributed by atoms with Crippen LogP contribution in [-0.4, -0.2) is 44.2 Å². The Labute approximate surface area is 96.3 Å². The van der Waals surface area contributed by atoms with Crippen LogP contribution in [-0.2, 0) is 4.74 Å². The van der Waals surface area contributed by atoms with Gasteiger partial charge in [0.25, 0.3) is 0 Å². The van der Waals surface area contributed by atoms with Gasteiger partial charge in [-0.1, -0.05) is 0 Å². The van der Waals surface area contributed by atoms with Gasteiger partial charge in [-0.3, -0.25) is 4.57 Å². The van der Waals surface area contributed by atoms with E-state index in [4.69, 9.17) is 9.84 Å². The number of hydrogen-bond donors (Lipinski definition) is 2. The minimum atomic E-state index is -2.17. The van der Waals surface area contributed by atoms with E-state index in [-0.39, 0.29) is 0 Å². The molecular weight excluding hydrogens is 231 g/mol. The van der Waals surface area contributed by atoms with Gasteiger partial charge in [0, 0.05) is 12.4 Å². The number of aliphatic hydroxyl groups excluding tert-OH is 2. The van der Waals surface area contributed by atoms with Crippen molar-refractivity contribution in [3.8, 4) is 0 Å². The van der Waals surface area contributed by atoms with Crippen LogP contribution in [0.4, 0.5) is 4.39 Å². The van der Waals surface area contributed by atoms with E-state index in [1.54, 1.807) is 0 Å². The molecule has 7 heteroatoms. The monoisotopic (exact) mass is 244 g/mol. The first-order valence-corrected chi connectivity index (χ1v) is 5.15. The summed E-state index contributed by atoms with van der Waals surface area (Å²) in [5.41, 5.74) is -2.84. The third kappa shape index (κ3) is 1.86. The summed E-state index contributed by atoms with van der Waals surface area (Å²) >= 11 is 0. The van der Waals surface area contributed by atoms with Gasteiger partial charge >= 0.3 is 5.69 Å². The molecule has 1 aromatic rings. The Morgan fingerprint density at radius 2 is 2.41 bits per heavy atom. The number of nitrogens with zero attached hydrogens (tertiary/aromatic N) is 2. The van der Waals surface area contributed by atoms with E-state index in [9.17, 15) is 14.3 Å². The molecule has 0 aromatic carbocycles. The lowest BCUT2D eigenvalue weighted by molar-refractivity contribution is -0.0611. The molecule has 1 aromatic heterocycles. The summed E-state index contributed by atoms with van der Waals surface area (Å²) in [6.07, 6.45) is -1.24. The predicted molar refractivity (Wildman–Crippen MR) is 55.0 cm³/mol. The molecule has 0 aliphatic carbocycles. The van der Waals surface area contributed by atoms with Crippen LogP contribution in [0.25, 0.3) is 0 Å². The fourth-order valence-electron chi connectivity index (χ4n) is 1.91. The Balaban J connectivity index is 2.41. The second kappa shape index (κ2) is 4.17. The van der Waals surface area contributed by atoms with Crippen LogP contribution in [0.15, 0.2) is 23.3 Å². The van der Waals surface area contributed by atoms with Gasteiger partial charge in [0.15, 0.2) is 11.9 Å². The lowest BCUT2D eigenvalue weighted by Gasteiger charge is -2.24. The summed E-state index contributed by atoms with van der Waals surface area (Å²) in [6.45, 7) is 0.601. The minimum absolute atomic E-state index is 0.522. The first kappa shape index (κ1) is 12.2. The van der Waals surface area contributed by atoms with Gasteiger partial charge in [-0.25, -0.2) is 14.2 Å². The van der Waals surface area contributed by atoms with E-state index < -0.39 is 36.4 Å². The third-order valence-electron chi connectivity index (χ3n) is 2.89. The lowest BCUT2D eigenvalue weighted by atomic mass is 9.98. The summed E-state index contributed by atoms with van der Waals surface area (Å²) in [4.78, 5) is 14.9. The summed E-state index contributed by atoms with van der Waals surface area (Å²) in [5.74, 6) is 0. The molecule has 0 amide bonds. The Morgan fingerprint density at radius 3 is 2.94 bits per heavy atom. The van der Waals surface area contributed by atoms with Crippen LogP contribution in [0.2, 0.25) is 0 Å². The maximum Gasteiger partial charge on any atom is 0.349 e. The smallest absolute Gasteiger partial charge is 0.349 e. The predicted octanol–water partition coefficient (Wildman–Crippen LogP) is -0.778. The second-order valence-corrected chi connectivity index (χ2v) is 4.12. The number of alkyl halides is 1. The molecule has 4 atom stereocenters. The molecule has 0 radical (unpaired) electrons. The first-order chi connectivity index (χ1) is 7.98. The highest BCUT2D eigenvalue weighted by atomic mass is 19.1. The molecule has 2 N–H and O–H groups in total. The number of ether oxygens (including phenoxy) is 1.